The minimum absolute atomic E-state index is 0. The molecule has 0 spiro atoms. The van der Waals surface area contributed by atoms with E-state index in [2.05, 4.69) is 4.74 Å². The maximum absolute atomic E-state index is 10.2. The van der Waals surface area contributed by atoms with Crippen molar-refractivity contribution >= 4 is 23.1 Å². The number of hydrogen-bond acceptors (Lipinski definition) is 2. The lowest BCUT2D eigenvalue weighted by Crippen LogP contribution is -2.12. The second-order valence-electron chi connectivity index (χ2n) is 2.09. The SMILES string of the molecule is Br.NC(=O)OCc1ccccc1. The second kappa shape index (κ2) is 5.60. The lowest BCUT2D eigenvalue weighted by Gasteiger charge is -1.99. The van der Waals surface area contributed by atoms with Crippen LogP contribution in [0, 0.1) is 0 Å². The molecule has 2 N–H and O–H groups in total. The quantitative estimate of drug-likeness (QED) is 0.845. The van der Waals surface area contributed by atoms with Gasteiger partial charge in [-0.1, -0.05) is 30.3 Å². The zero-order chi connectivity index (χ0) is 8.10. The van der Waals surface area contributed by atoms with Crippen LogP contribution in [0.4, 0.5) is 4.79 Å². The molecule has 4 heteroatoms. The second-order valence-corrected chi connectivity index (χ2v) is 2.09. The molecule has 66 valence electrons. The maximum atomic E-state index is 10.2. The van der Waals surface area contributed by atoms with E-state index in [1.165, 1.54) is 0 Å². The fourth-order valence-electron chi connectivity index (χ4n) is 0.729. The van der Waals surface area contributed by atoms with Crippen LogP contribution in [0.15, 0.2) is 30.3 Å². The Bertz CT molecular complexity index is 238. The molecule has 0 saturated heterocycles. The van der Waals surface area contributed by atoms with E-state index in [0.29, 0.717) is 0 Å². The Morgan fingerprint density at radius 1 is 1.33 bits per heavy atom. The number of halogens is 1. The third kappa shape index (κ3) is 3.98. The van der Waals surface area contributed by atoms with Gasteiger partial charge in [-0.25, -0.2) is 4.79 Å². The molecule has 1 amide bonds. The first-order valence-corrected chi connectivity index (χ1v) is 3.25. The zero-order valence-corrected chi connectivity index (χ0v) is 8.11. The average Bonchev–Trinajstić information content (AvgIpc) is 2.03. The first kappa shape index (κ1) is 11.0. The Balaban J connectivity index is 0.00000121. The van der Waals surface area contributed by atoms with E-state index in [-0.39, 0.29) is 23.6 Å². The highest BCUT2D eigenvalue weighted by Gasteiger charge is 1.93. The summed E-state index contributed by atoms with van der Waals surface area (Å²) in [6, 6.07) is 9.37. The monoisotopic (exact) mass is 231 g/mol. The van der Waals surface area contributed by atoms with Gasteiger partial charge in [0.2, 0.25) is 0 Å². The van der Waals surface area contributed by atoms with Crippen LogP contribution in [0.1, 0.15) is 5.56 Å². The van der Waals surface area contributed by atoms with Gasteiger partial charge < -0.3 is 10.5 Å². The number of carbonyl (C=O) groups excluding carboxylic acids is 1. The van der Waals surface area contributed by atoms with Gasteiger partial charge in [0, 0.05) is 0 Å². The third-order valence-electron chi connectivity index (χ3n) is 1.22. The molecule has 0 aliphatic heterocycles. The van der Waals surface area contributed by atoms with Crippen molar-refractivity contribution in [2.75, 3.05) is 0 Å². The highest BCUT2D eigenvalue weighted by atomic mass is 79.9. The van der Waals surface area contributed by atoms with Crippen molar-refractivity contribution in [2.45, 2.75) is 6.61 Å². The topological polar surface area (TPSA) is 52.3 Å². The molecule has 0 atom stereocenters. The molecule has 1 rings (SSSR count). The van der Waals surface area contributed by atoms with Gasteiger partial charge in [0.15, 0.2) is 0 Å². The van der Waals surface area contributed by atoms with Crippen molar-refractivity contribution in [1.29, 1.82) is 0 Å². The van der Waals surface area contributed by atoms with E-state index < -0.39 is 6.09 Å². The summed E-state index contributed by atoms with van der Waals surface area (Å²) in [5, 5.41) is 0. The van der Waals surface area contributed by atoms with Crippen LogP contribution in [-0.4, -0.2) is 6.09 Å². The van der Waals surface area contributed by atoms with Crippen LogP contribution < -0.4 is 5.73 Å². The van der Waals surface area contributed by atoms with Crippen LogP contribution in [0.2, 0.25) is 0 Å². The molecule has 0 heterocycles. The van der Waals surface area contributed by atoms with Gasteiger partial charge in [-0.3, -0.25) is 0 Å². The summed E-state index contributed by atoms with van der Waals surface area (Å²) in [7, 11) is 0. The molecular weight excluding hydrogens is 222 g/mol. The Labute approximate surface area is 81.3 Å². The molecule has 0 aliphatic rings. The molecule has 1 aromatic rings. The normalized spacial score (nSPS) is 8.33. The number of primary amides is 1. The molecular formula is C8H10BrNO2. The van der Waals surface area contributed by atoms with E-state index in [0.717, 1.165) is 5.56 Å². The van der Waals surface area contributed by atoms with Gasteiger partial charge in [-0.2, -0.15) is 0 Å². The minimum Gasteiger partial charge on any atom is -0.445 e. The fourth-order valence-corrected chi connectivity index (χ4v) is 0.729. The number of benzene rings is 1. The third-order valence-corrected chi connectivity index (χ3v) is 1.22. The van der Waals surface area contributed by atoms with Crippen molar-refractivity contribution < 1.29 is 9.53 Å². The van der Waals surface area contributed by atoms with Gasteiger partial charge in [0.05, 0.1) is 0 Å². The summed E-state index contributed by atoms with van der Waals surface area (Å²) in [4.78, 5) is 10.2. The number of ether oxygens (including phenoxy) is 1. The van der Waals surface area contributed by atoms with Gasteiger partial charge in [-0.15, -0.1) is 17.0 Å². The van der Waals surface area contributed by atoms with Crippen molar-refractivity contribution in [2.24, 2.45) is 5.73 Å². The van der Waals surface area contributed by atoms with Gasteiger partial charge in [0.25, 0.3) is 0 Å². The van der Waals surface area contributed by atoms with Crippen molar-refractivity contribution in [3.8, 4) is 0 Å². The molecule has 0 bridgehead atoms. The Hall–Kier alpha value is -1.03. The summed E-state index contributed by atoms with van der Waals surface area (Å²) in [6.07, 6.45) is -0.742. The minimum atomic E-state index is -0.742. The number of hydrogen-bond donors (Lipinski definition) is 1. The van der Waals surface area contributed by atoms with Crippen LogP contribution in [0.5, 0.6) is 0 Å². The van der Waals surface area contributed by atoms with E-state index in [4.69, 9.17) is 5.73 Å². The lowest BCUT2D eigenvalue weighted by molar-refractivity contribution is 0.150. The summed E-state index contributed by atoms with van der Waals surface area (Å²) in [5.74, 6) is 0. The standard InChI is InChI=1S/C8H9NO2.BrH/c9-8(10)11-6-7-4-2-1-3-5-7;/h1-5H,6H2,(H2,9,10);1H. The van der Waals surface area contributed by atoms with E-state index in [1.54, 1.807) is 0 Å². The molecule has 0 unspecified atom stereocenters. The van der Waals surface area contributed by atoms with Crippen molar-refractivity contribution in [3.63, 3.8) is 0 Å². The van der Waals surface area contributed by atoms with Crippen LogP contribution in [-0.2, 0) is 11.3 Å². The molecule has 0 fully saturated rings. The first-order valence-electron chi connectivity index (χ1n) is 3.25. The molecule has 3 nitrogen and oxygen atoms in total. The summed E-state index contributed by atoms with van der Waals surface area (Å²) >= 11 is 0. The average molecular weight is 232 g/mol. The highest BCUT2D eigenvalue weighted by molar-refractivity contribution is 8.93. The fraction of sp³-hybridized carbons (Fsp3) is 0.125. The highest BCUT2D eigenvalue weighted by Crippen LogP contribution is 1.99. The zero-order valence-electron chi connectivity index (χ0n) is 6.40. The molecule has 1 aromatic carbocycles. The lowest BCUT2D eigenvalue weighted by atomic mass is 10.2. The van der Waals surface area contributed by atoms with Crippen LogP contribution >= 0.6 is 17.0 Å². The van der Waals surface area contributed by atoms with Crippen molar-refractivity contribution in [1.82, 2.24) is 0 Å². The van der Waals surface area contributed by atoms with Gasteiger partial charge in [0.1, 0.15) is 6.61 Å². The smallest absolute Gasteiger partial charge is 0.404 e. The Morgan fingerprint density at radius 3 is 2.42 bits per heavy atom. The predicted octanol–water partition coefficient (Wildman–Crippen LogP) is 1.86. The van der Waals surface area contributed by atoms with E-state index in [1.807, 2.05) is 30.3 Å². The molecule has 0 aliphatic carbocycles. The molecule has 12 heavy (non-hydrogen) atoms. The Kier molecular flexibility index (Phi) is 5.12. The maximum Gasteiger partial charge on any atom is 0.404 e. The van der Waals surface area contributed by atoms with Crippen LogP contribution in [0.3, 0.4) is 0 Å². The number of carbonyl (C=O) groups is 1. The molecule has 0 aromatic heterocycles. The largest absolute Gasteiger partial charge is 0.445 e. The summed E-state index contributed by atoms with van der Waals surface area (Å²) < 4.78 is 4.57. The van der Waals surface area contributed by atoms with Crippen LogP contribution in [0.25, 0.3) is 0 Å². The summed E-state index contributed by atoms with van der Waals surface area (Å²) in [6.45, 7) is 0.246. The van der Waals surface area contributed by atoms with E-state index in [9.17, 15) is 4.79 Å². The summed E-state index contributed by atoms with van der Waals surface area (Å²) in [5.41, 5.74) is 5.72. The number of rotatable bonds is 2. The number of amides is 1. The van der Waals surface area contributed by atoms with Crippen molar-refractivity contribution in [3.05, 3.63) is 35.9 Å². The molecule has 0 saturated carbocycles. The molecule has 0 radical (unpaired) electrons. The van der Waals surface area contributed by atoms with Gasteiger partial charge in [-0.05, 0) is 5.56 Å². The number of nitrogens with two attached hydrogens (primary N) is 1. The first-order chi connectivity index (χ1) is 5.29. The van der Waals surface area contributed by atoms with Gasteiger partial charge >= 0.3 is 6.09 Å². The van der Waals surface area contributed by atoms with E-state index >= 15 is 0 Å². The Morgan fingerprint density at radius 2 is 1.92 bits per heavy atom. The predicted molar refractivity (Wildman–Crippen MR) is 51.1 cm³/mol.